The van der Waals surface area contributed by atoms with Crippen molar-refractivity contribution >= 4 is 14.7 Å². The van der Waals surface area contributed by atoms with Gasteiger partial charge in [-0.3, -0.25) is 0 Å². The highest BCUT2D eigenvalue weighted by atomic mass is 28.3. The zero-order valence-electron chi connectivity index (χ0n) is 12.8. The molecule has 2 aromatic rings. The van der Waals surface area contributed by atoms with Gasteiger partial charge in [0.15, 0.2) is 0 Å². The van der Waals surface area contributed by atoms with Gasteiger partial charge in [-0.1, -0.05) is 84.9 Å². The summed E-state index contributed by atoms with van der Waals surface area (Å²) in [4.78, 5) is 0. The summed E-state index contributed by atoms with van der Waals surface area (Å²) in [6, 6.07) is 21.4. The zero-order valence-corrected chi connectivity index (χ0v) is 13.8. The highest BCUT2D eigenvalue weighted by Gasteiger charge is 2.42. The highest BCUT2D eigenvalue weighted by molar-refractivity contribution is 6.83. The monoisotopic (exact) mass is 293 g/mol. The summed E-state index contributed by atoms with van der Waals surface area (Å²) in [5.41, 5.74) is 3.69. The highest BCUT2D eigenvalue weighted by Crippen LogP contribution is 2.46. The molecule has 1 aliphatic heterocycles. The summed E-state index contributed by atoms with van der Waals surface area (Å²) in [6.45, 7) is 4.50. The first-order valence-corrected chi connectivity index (χ1v) is 11.0. The fraction of sp³-hybridized carbons (Fsp3) is 0.333. The SMILES string of the molecule is C[Si]1(C)[C@@H](c2ccccc2)C[B-](=O)C[C@H]1c1ccccc1. The minimum atomic E-state index is -1.57. The van der Waals surface area contributed by atoms with Gasteiger partial charge in [0.25, 0.3) is 0 Å². The van der Waals surface area contributed by atoms with Gasteiger partial charge >= 0.3 is 0 Å². The van der Waals surface area contributed by atoms with Crippen LogP contribution < -0.4 is 0 Å². The first kappa shape index (κ1) is 14.5. The predicted octanol–water partition coefficient (Wildman–Crippen LogP) is 4.78. The van der Waals surface area contributed by atoms with Gasteiger partial charge in [0.2, 0.25) is 0 Å². The summed E-state index contributed by atoms with van der Waals surface area (Å²) in [6.07, 6.45) is 1.62. The molecular formula is C18H22BOSi-. The van der Waals surface area contributed by atoms with Crippen molar-refractivity contribution in [3.63, 3.8) is 0 Å². The minimum Gasteiger partial charge on any atom is -0.636 e. The maximum atomic E-state index is 12.4. The molecular weight excluding hydrogens is 271 g/mol. The Kier molecular flexibility index (Phi) is 3.94. The maximum Gasteiger partial charge on any atom is 0.0785 e. The molecule has 3 rings (SSSR count). The normalized spacial score (nSPS) is 24.8. The van der Waals surface area contributed by atoms with Gasteiger partial charge in [0.05, 0.1) is 14.7 Å². The lowest BCUT2D eigenvalue weighted by atomic mass is 9.62. The summed E-state index contributed by atoms with van der Waals surface area (Å²) in [7, 11) is -1.57. The average Bonchev–Trinajstić information content (AvgIpc) is 2.51. The fourth-order valence-electron chi connectivity index (χ4n) is 3.97. The van der Waals surface area contributed by atoms with Gasteiger partial charge < -0.3 is 4.70 Å². The number of benzene rings is 2. The second-order valence-corrected chi connectivity index (χ2v) is 11.9. The molecule has 108 valence electrons. The van der Waals surface area contributed by atoms with Crippen LogP contribution in [0.4, 0.5) is 0 Å². The number of hydrogen-bond acceptors (Lipinski definition) is 1. The second-order valence-electron chi connectivity index (χ2n) is 6.84. The summed E-state index contributed by atoms with van der Waals surface area (Å²) >= 11 is 0. The van der Waals surface area contributed by atoms with Crippen LogP contribution in [-0.2, 0) is 4.70 Å². The third-order valence-corrected chi connectivity index (χ3v) is 9.93. The minimum absolute atomic E-state index is 0.430. The number of rotatable bonds is 2. The molecule has 0 spiro atoms. The van der Waals surface area contributed by atoms with Crippen LogP contribution in [0.3, 0.4) is 0 Å². The Morgan fingerprint density at radius 2 is 1.19 bits per heavy atom. The molecule has 0 N–H and O–H groups in total. The van der Waals surface area contributed by atoms with E-state index in [1.54, 1.807) is 0 Å². The molecule has 2 atom stereocenters. The predicted molar refractivity (Wildman–Crippen MR) is 91.9 cm³/mol. The van der Waals surface area contributed by atoms with Crippen molar-refractivity contribution in [2.75, 3.05) is 0 Å². The van der Waals surface area contributed by atoms with E-state index < -0.39 is 14.7 Å². The first-order valence-electron chi connectivity index (χ1n) is 7.84. The van der Waals surface area contributed by atoms with E-state index in [1.165, 1.54) is 11.1 Å². The third kappa shape index (κ3) is 2.80. The molecule has 21 heavy (non-hydrogen) atoms. The third-order valence-electron chi connectivity index (χ3n) is 5.20. The molecule has 1 fully saturated rings. The standard InChI is InChI=1S/C18H22BOSi/c1-21(2)17(15-9-5-3-6-10-15)13-19(20)14-18(21)16-11-7-4-8-12-16/h3-12,17-18H,13-14H2,1-2H3/q-1/t17-,18+. The van der Waals surface area contributed by atoms with Crippen LogP contribution >= 0.6 is 0 Å². The van der Waals surface area contributed by atoms with Crippen LogP contribution in [0, 0.1) is 0 Å². The van der Waals surface area contributed by atoms with Crippen LogP contribution in [0.1, 0.15) is 22.2 Å². The van der Waals surface area contributed by atoms with Crippen molar-refractivity contribution in [2.45, 2.75) is 36.8 Å². The molecule has 0 bridgehead atoms. The molecule has 1 saturated heterocycles. The molecule has 1 heterocycles. The Labute approximate surface area is 128 Å². The lowest BCUT2D eigenvalue weighted by Gasteiger charge is -2.48. The van der Waals surface area contributed by atoms with Crippen LogP contribution in [-0.4, -0.2) is 14.7 Å². The summed E-state index contributed by atoms with van der Waals surface area (Å²) in [5.74, 6) is 0. The van der Waals surface area contributed by atoms with Crippen molar-refractivity contribution in [1.82, 2.24) is 0 Å². The molecule has 1 aliphatic rings. The van der Waals surface area contributed by atoms with Crippen molar-refractivity contribution in [1.29, 1.82) is 0 Å². The topological polar surface area (TPSA) is 17.1 Å². The van der Waals surface area contributed by atoms with Crippen molar-refractivity contribution in [3.8, 4) is 0 Å². The summed E-state index contributed by atoms with van der Waals surface area (Å²) in [5, 5.41) is 0. The molecule has 0 aliphatic carbocycles. The van der Waals surface area contributed by atoms with E-state index in [1.807, 2.05) is 0 Å². The molecule has 0 saturated carbocycles. The van der Waals surface area contributed by atoms with Crippen molar-refractivity contribution in [2.24, 2.45) is 0 Å². The zero-order chi connectivity index (χ0) is 14.9. The average molecular weight is 293 g/mol. The van der Waals surface area contributed by atoms with E-state index >= 15 is 0 Å². The second kappa shape index (κ2) is 5.72. The smallest absolute Gasteiger partial charge is 0.0785 e. The first-order chi connectivity index (χ1) is 10.1. The van der Waals surface area contributed by atoms with Crippen LogP contribution in [0.5, 0.6) is 0 Å². The van der Waals surface area contributed by atoms with E-state index in [-0.39, 0.29) is 0 Å². The van der Waals surface area contributed by atoms with Gasteiger partial charge in [0.1, 0.15) is 0 Å². The number of hydrogen-bond donors (Lipinski definition) is 0. The quantitative estimate of drug-likeness (QED) is 0.728. The van der Waals surface area contributed by atoms with Gasteiger partial charge in [0, 0.05) is 0 Å². The van der Waals surface area contributed by atoms with Crippen LogP contribution in [0.2, 0.25) is 25.7 Å². The molecule has 2 aromatic carbocycles. The Morgan fingerprint density at radius 3 is 1.57 bits per heavy atom. The van der Waals surface area contributed by atoms with Gasteiger partial charge in [-0.05, 0) is 11.1 Å². The maximum absolute atomic E-state index is 12.4. The largest absolute Gasteiger partial charge is 0.636 e. The van der Waals surface area contributed by atoms with Gasteiger partial charge in [-0.25, -0.2) is 0 Å². The van der Waals surface area contributed by atoms with E-state index in [2.05, 4.69) is 73.8 Å². The van der Waals surface area contributed by atoms with Crippen LogP contribution in [0.15, 0.2) is 60.7 Å². The van der Waals surface area contributed by atoms with Crippen molar-refractivity contribution in [3.05, 3.63) is 71.8 Å². The molecule has 0 amide bonds. The fourth-order valence-corrected chi connectivity index (χ4v) is 8.30. The Balaban J connectivity index is 2.01. The molecule has 0 radical (unpaired) electrons. The Hall–Kier alpha value is -1.48. The molecule has 1 nitrogen and oxygen atoms in total. The molecule has 0 unspecified atom stereocenters. The van der Waals surface area contributed by atoms with E-state index in [0.29, 0.717) is 11.1 Å². The van der Waals surface area contributed by atoms with Gasteiger partial charge in [-0.2, -0.15) is 12.6 Å². The lowest BCUT2D eigenvalue weighted by molar-refractivity contribution is 0.549. The molecule has 0 aromatic heterocycles. The van der Waals surface area contributed by atoms with Crippen molar-refractivity contribution < 1.29 is 4.70 Å². The van der Waals surface area contributed by atoms with Gasteiger partial charge in [-0.15, -0.1) is 0 Å². The van der Waals surface area contributed by atoms with Crippen LogP contribution in [0.25, 0.3) is 0 Å². The summed E-state index contributed by atoms with van der Waals surface area (Å²) < 4.78 is 12.4. The van der Waals surface area contributed by atoms with E-state index in [4.69, 9.17) is 0 Å². The Bertz CT molecular complexity index is 571. The Morgan fingerprint density at radius 1 is 0.810 bits per heavy atom. The van der Waals surface area contributed by atoms with E-state index in [0.717, 1.165) is 12.6 Å². The van der Waals surface area contributed by atoms with E-state index in [9.17, 15) is 4.70 Å². The molecule has 3 heteroatoms. The lowest BCUT2D eigenvalue weighted by Crippen LogP contribution is -2.47.